The van der Waals surface area contributed by atoms with Crippen LogP contribution in [0.5, 0.6) is 17.2 Å². The molecular weight excluding hydrogens is 254 g/mol. The van der Waals surface area contributed by atoms with Crippen molar-refractivity contribution in [2.45, 2.75) is 0 Å². The van der Waals surface area contributed by atoms with Crippen molar-refractivity contribution in [3.63, 3.8) is 0 Å². The number of halogens is 1. The SMILES string of the molecule is COc1cc(NO)cc(Cl)c1Oc1ccccc1. The lowest BCUT2D eigenvalue weighted by Gasteiger charge is -2.13. The van der Waals surface area contributed by atoms with Crippen molar-refractivity contribution in [3.05, 3.63) is 47.5 Å². The molecular formula is C13H12ClNO3. The molecule has 18 heavy (non-hydrogen) atoms. The Kier molecular flexibility index (Phi) is 3.92. The molecule has 0 unspecified atom stereocenters. The highest BCUT2D eigenvalue weighted by Gasteiger charge is 2.12. The van der Waals surface area contributed by atoms with Gasteiger partial charge in [-0.2, -0.15) is 0 Å². The zero-order chi connectivity index (χ0) is 13.0. The minimum Gasteiger partial charge on any atom is -0.493 e. The molecule has 0 aliphatic heterocycles. The Morgan fingerprint density at radius 2 is 1.89 bits per heavy atom. The number of benzene rings is 2. The number of para-hydroxylation sites is 1. The summed E-state index contributed by atoms with van der Waals surface area (Å²) in [7, 11) is 1.50. The van der Waals surface area contributed by atoms with E-state index in [-0.39, 0.29) is 0 Å². The lowest BCUT2D eigenvalue weighted by molar-refractivity contribution is 0.373. The molecule has 4 nitrogen and oxygen atoms in total. The van der Waals surface area contributed by atoms with Crippen LogP contribution in [0.25, 0.3) is 0 Å². The molecule has 0 bridgehead atoms. The summed E-state index contributed by atoms with van der Waals surface area (Å²) in [6, 6.07) is 12.4. The van der Waals surface area contributed by atoms with E-state index in [0.717, 1.165) is 0 Å². The predicted molar refractivity (Wildman–Crippen MR) is 69.9 cm³/mol. The van der Waals surface area contributed by atoms with Gasteiger partial charge in [0.05, 0.1) is 17.8 Å². The highest BCUT2D eigenvalue weighted by molar-refractivity contribution is 6.32. The normalized spacial score (nSPS) is 9.94. The van der Waals surface area contributed by atoms with Crippen molar-refractivity contribution in [3.8, 4) is 17.2 Å². The Bertz CT molecular complexity index is 531. The molecule has 0 spiro atoms. The number of anilines is 1. The Hall–Kier alpha value is -1.91. The van der Waals surface area contributed by atoms with Crippen molar-refractivity contribution in [2.75, 3.05) is 12.6 Å². The average Bonchev–Trinajstić information content (AvgIpc) is 2.42. The van der Waals surface area contributed by atoms with Gasteiger partial charge in [0.1, 0.15) is 5.75 Å². The van der Waals surface area contributed by atoms with E-state index >= 15 is 0 Å². The summed E-state index contributed by atoms with van der Waals surface area (Å²) in [4.78, 5) is 0. The highest BCUT2D eigenvalue weighted by Crippen LogP contribution is 2.40. The summed E-state index contributed by atoms with van der Waals surface area (Å²) >= 11 is 6.09. The first-order valence-corrected chi connectivity index (χ1v) is 5.63. The van der Waals surface area contributed by atoms with E-state index in [9.17, 15) is 0 Å². The smallest absolute Gasteiger partial charge is 0.187 e. The molecule has 0 heterocycles. The van der Waals surface area contributed by atoms with E-state index in [4.69, 9.17) is 26.3 Å². The van der Waals surface area contributed by atoms with E-state index < -0.39 is 0 Å². The lowest BCUT2D eigenvalue weighted by Crippen LogP contribution is -1.95. The fraction of sp³-hybridized carbons (Fsp3) is 0.0769. The van der Waals surface area contributed by atoms with Gasteiger partial charge in [0.15, 0.2) is 11.5 Å². The van der Waals surface area contributed by atoms with Crippen molar-refractivity contribution < 1.29 is 14.7 Å². The van der Waals surface area contributed by atoms with E-state index in [1.165, 1.54) is 7.11 Å². The Balaban J connectivity index is 2.38. The minimum atomic E-state index is 0.342. The number of hydrogen-bond donors (Lipinski definition) is 2. The van der Waals surface area contributed by atoms with Gasteiger partial charge in [0, 0.05) is 6.07 Å². The van der Waals surface area contributed by atoms with Crippen LogP contribution in [0, 0.1) is 0 Å². The number of nitrogens with one attached hydrogen (secondary N) is 1. The Labute approximate surface area is 110 Å². The highest BCUT2D eigenvalue weighted by atomic mass is 35.5. The Morgan fingerprint density at radius 1 is 1.17 bits per heavy atom. The molecule has 0 amide bonds. The average molecular weight is 266 g/mol. The van der Waals surface area contributed by atoms with Gasteiger partial charge in [0.2, 0.25) is 0 Å². The number of ether oxygens (including phenoxy) is 2. The summed E-state index contributed by atoms with van der Waals surface area (Å²) in [6.45, 7) is 0. The standard InChI is InChI=1S/C13H12ClNO3/c1-17-12-8-9(15-16)7-11(14)13(12)18-10-5-3-2-4-6-10/h2-8,15-16H,1H3. The monoisotopic (exact) mass is 265 g/mol. The quantitative estimate of drug-likeness (QED) is 0.822. The van der Waals surface area contributed by atoms with Gasteiger partial charge in [-0.05, 0) is 18.2 Å². The maximum atomic E-state index is 8.86. The van der Waals surface area contributed by atoms with Crippen LogP contribution in [-0.2, 0) is 0 Å². The van der Waals surface area contributed by atoms with Crippen LogP contribution in [0.4, 0.5) is 5.69 Å². The third-order valence-electron chi connectivity index (χ3n) is 2.32. The summed E-state index contributed by atoms with van der Waals surface area (Å²) < 4.78 is 10.8. The summed E-state index contributed by atoms with van der Waals surface area (Å²) in [6.07, 6.45) is 0. The summed E-state index contributed by atoms with van der Waals surface area (Å²) in [5.74, 6) is 1.50. The van der Waals surface area contributed by atoms with E-state index in [2.05, 4.69) is 0 Å². The number of hydrogen-bond acceptors (Lipinski definition) is 4. The molecule has 2 aromatic carbocycles. The van der Waals surface area contributed by atoms with Crippen LogP contribution in [-0.4, -0.2) is 12.3 Å². The molecule has 5 heteroatoms. The Morgan fingerprint density at radius 3 is 2.50 bits per heavy atom. The van der Waals surface area contributed by atoms with E-state index in [1.807, 2.05) is 35.8 Å². The second kappa shape index (κ2) is 5.62. The molecule has 0 aliphatic carbocycles. The second-order valence-electron chi connectivity index (χ2n) is 3.52. The lowest BCUT2D eigenvalue weighted by atomic mass is 10.2. The zero-order valence-electron chi connectivity index (χ0n) is 9.68. The largest absolute Gasteiger partial charge is 0.493 e. The zero-order valence-corrected chi connectivity index (χ0v) is 10.4. The molecule has 0 radical (unpaired) electrons. The first-order chi connectivity index (χ1) is 8.74. The second-order valence-corrected chi connectivity index (χ2v) is 3.92. The molecule has 2 rings (SSSR count). The molecule has 0 aromatic heterocycles. The molecule has 0 aliphatic rings. The minimum absolute atomic E-state index is 0.342. The molecule has 0 saturated heterocycles. The maximum Gasteiger partial charge on any atom is 0.187 e. The molecule has 0 fully saturated rings. The molecule has 2 N–H and O–H groups in total. The van der Waals surface area contributed by atoms with Gasteiger partial charge in [-0.15, -0.1) is 0 Å². The van der Waals surface area contributed by atoms with Gasteiger partial charge in [-0.25, -0.2) is 0 Å². The van der Waals surface area contributed by atoms with E-state index in [1.54, 1.807) is 12.1 Å². The molecule has 0 saturated carbocycles. The third kappa shape index (κ3) is 2.67. The van der Waals surface area contributed by atoms with Crippen molar-refractivity contribution in [1.82, 2.24) is 0 Å². The van der Waals surface area contributed by atoms with Crippen molar-refractivity contribution >= 4 is 17.3 Å². The molecule has 2 aromatic rings. The van der Waals surface area contributed by atoms with Crippen LogP contribution in [0.1, 0.15) is 0 Å². The topological polar surface area (TPSA) is 50.7 Å². The van der Waals surface area contributed by atoms with Gasteiger partial charge in [-0.3, -0.25) is 10.7 Å². The maximum absolute atomic E-state index is 8.86. The summed E-state index contributed by atoms with van der Waals surface area (Å²) in [5.41, 5.74) is 2.44. The van der Waals surface area contributed by atoms with Gasteiger partial charge in [-0.1, -0.05) is 29.8 Å². The van der Waals surface area contributed by atoms with E-state index in [0.29, 0.717) is 28.0 Å². The fourth-order valence-electron chi connectivity index (χ4n) is 1.49. The van der Waals surface area contributed by atoms with Crippen LogP contribution >= 0.6 is 11.6 Å². The first kappa shape index (κ1) is 12.5. The summed E-state index contributed by atoms with van der Waals surface area (Å²) in [5, 5.41) is 9.20. The van der Waals surface area contributed by atoms with Crippen LogP contribution < -0.4 is 15.0 Å². The fourth-order valence-corrected chi connectivity index (χ4v) is 1.74. The predicted octanol–water partition coefficient (Wildman–Crippen LogP) is 3.94. The van der Waals surface area contributed by atoms with Crippen LogP contribution in [0.2, 0.25) is 5.02 Å². The third-order valence-corrected chi connectivity index (χ3v) is 2.60. The van der Waals surface area contributed by atoms with Gasteiger partial charge < -0.3 is 9.47 Å². The van der Waals surface area contributed by atoms with Crippen molar-refractivity contribution in [2.24, 2.45) is 0 Å². The van der Waals surface area contributed by atoms with Crippen molar-refractivity contribution in [1.29, 1.82) is 0 Å². The van der Waals surface area contributed by atoms with Crippen LogP contribution in [0.3, 0.4) is 0 Å². The van der Waals surface area contributed by atoms with Gasteiger partial charge >= 0.3 is 0 Å². The number of methoxy groups -OCH3 is 1. The molecule has 0 atom stereocenters. The first-order valence-electron chi connectivity index (χ1n) is 5.25. The van der Waals surface area contributed by atoms with Gasteiger partial charge in [0.25, 0.3) is 0 Å². The number of rotatable bonds is 4. The molecule has 94 valence electrons. The van der Waals surface area contributed by atoms with Crippen LogP contribution in [0.15, 0.2) is 42.5 Å².